The highest BCUT2D eigenvalue weighted by molar-refractivity contribution is 6.74. The molecule has 0 aliphatic rings. The molecule has 6 heteroatoms. The molecule has 0 radical (unpaired) electrons. The molecule has 0 atom stereocenters. The fourth-order valence-corrected chi connectivity index (χ4v) is 3.02. The van der Waals surface area contributed by atoms with Crippen molar-refractivity contribution in [3.8, 4) is 0 Å². The molecule has 1 aromatic rings. The van der Waals surface area contributed by atoms with Crippen molar-refractivity contribution in [2.45, 2.75) is 59.3 Å². The second-order valence-electron chi connectivity index (χ2n) is 8.30. The first-order valence-corrected chi connectivity index (χ1v) is 11.9. The van der Waals surface area contributed by atoms with E-state index in [9.17, 15) is 4.79 Å². The predicted molar refractivity (Wildman–Crippen MR) is 105 cm³/mol. The molecule has 0 heterocycles. The van der Waals surface area contributed by atoms with Crippen LogP contribution in [0.1, 0.15) is 40.2 Å². The van der Waals surface area contributed by atoms with Crippen LogP contribution in [0.15, 0.2) is 24.3 Å². The number of halogens is 2. The zero-order chi connectivity index (χ0) is 18.8. The highest BCUT2D eigenvalue weighted by Gasteiger charge is 2.43. The topological polar surface area (TPSA) is 29.5 Å². The molecule has 1 amide bonds. The summed E-state index contributed by atoms with van der Waals surface area (Å²) in [5.74, 6) is 0.105. The van der Waals surface area contributed by atoms with Crippen LogP contribution in [0.5, 0.6) is 0 Å². The SMILES string of the molecule is CC(C)(CCl)C(=O)N(Cc1ccccc1Cl)O[Si](C)(C)C(C)(C)C. The van der Waals surface area contributed by atoms with Gasteiger partial charge >= 0.3 is 0 Å². The molecule has 1 rings (SSSR count). The number of amides is 1. The molecule has 0 fully saturated rings. The zero-order valence-corrected chi connectivity index (χ0v) is 18.3. The minimum absolute atomic E-state index is 0.0167. The summed E-state index contributed by atoms with van der Waals surface area (Å²) in [6.45, 7) is 14.6. The Labute approximate surface area is 157 Å². The van der Waals surface area contributed by atoms with E-state index in [4.69, 9.17) is 27.7 Å². The number of benzene rings is 1. The van der Waals surface area contributed by atoms with E-state index < -0.39 is 13.7 Å². The van der Waals surface area contributed by atoms with Gasteiger partial charge in [-0.2, -0.15) is 0 Å². The van der Waals surface area contributed by atoms with E-state index >= 15 is 0 Å². The Kier molecular flexibility index (Phi) is 6.96. The molecule has 0 bridgehead atoms. The molecule has 0 saturated carbocycles. The van der Waals surface area contributed by atoms with Gasteiger partial charge in [0, 0.05) is 10.9 Å². The Balaban J connectivity index is 3.18. The van der Waals surface area contributed by atoms with E-state index in [0.717, 1.165) is 5.56 Å². The summed E-state index contributed by atoms with van der Waals surface area (Å²) in [7, 11) is -2.17. The smallest absolute Gasteiger partial charge is 0.252 e. The van der Waals surface area contributed by atoms with Crippen molar-refractivity contribution >= 4 is 37.4 Å². The van der Waals surface area contributed by atoms with Crippen molar-refractivity contribution in [1.29, 1.82) is 0 Å². The minimum Gasteiger partial charge on any atom is -0.317 e. The summed E-state index contributed by atoms with van der Waals surface area (Å²) >= 11 is 12.3. The molecule has 3 nitrogen and oxygen atoms in total. The van der Waals surface area contributed by atoms with Crippen LogP contribution >= 0.6 is 23.2 Å². The number of rotatable bonds is 6. The summed E-state index contributed by atoms with van der Waals surface area (Å²) in [5.41, 5.74) is 0.155. The fourth-order valence-electron chi connectivity index (χ4n) is 1.73. The Hall–Kier alpha value is -0.553. The van der Waals surface area contributed by atoms with E-state index in [1.54, 1.807) is 0 Å². The summed E-state index contributed by atoms with van der Waals surface area (Å²) in [6, 6.07) is 7.50. The maximum Gasteiger partial charge on any atom is 0.252 e. The highest BCUT2D eigenvalue weighted by atomic mass is 35.5. The monoisotopic (exact) mass is 389 g/mol. The maximum absolute atomic E-state index is 13.0. The lowest BCUT2D eigenvalue weighted by atomic mass is 9.95. The fraction of sp³-hybridized carbons (Fsp3) is 0.611. The van der Waals surface area contributed by atoms with E-state index in [-0.39, 0.29) is 16.8 Å². The predicted octanol–water partition coefficient (Wildman–Crippen LogP) is 5.87. The van der Waals surface area contributed by atoms with Crippen LogP contribution in [0.3, 0.4) is 0 Å². The van der Waals surface area contributed by atoms with E-state index in [0.29, 0.717) is 11.6 Å². The normalized spacial score (nSPS) is 13.0. The van der Waals surface area contributed by atoms with E-state index in [1.165, 1.54) is 5.06 Å². The van der Waals surface area contributed by atoms with Gasteiger partial charge in [0.2, 0.25) is 8.32 Å². The number of nitrogens with zero attached hydrogens (tertiary/aromatic N) is 1. The molecule has 0 aromatic heterocycles. The minimum atomic E-state index is -2.17. The zero-order valence-electron chi connectivity index (χ0n) is 15.7. The number of alkyl halides is 1. The van der Waals surface area contributed by atoms with E-state index in [2.05, 4.69) is 33.9 Å². The maximum atomic E-state index is 13.0. The Bertz CT molecular complexity index is 583. The first kappa shape index (κ1) is 21.5. The van der Waals surface area contributed by atoms with Crippen molar-refractivity contribution in [3.05, 3.63) is 34.9 Å². The number of carbonyl (C=O) groups excluding carboxylic acids is 1. The van der Waals surface area contributed by atoms with Gasteiger partial charge in [0.25, 0.3) is 5.91 Å². The molecular formula is C18H29Cl2NO2Si. The number of carbonyl (C=O) groups is 1. The van der Waals surface area contributed by atoms with Crippen LogP contribution in [0.2, 0.25) is 23.2 Å². The lowest BCUT2D eigenvalue weighted by molar-refractivity contribution is -0.171. The quantitative estimate of drug-likeness (QED) is 0.345. The van der Waals surface area contributed by atoms with Crippen LogP contribution in [0, 0.1) is 5.41 Å². The lowest BCUT2D eigenvalue weighted by Gasteiger charge is -2.41. The van der Waals surface area contributed by atoms with Crippen LogP contribution < -0.4 is 0 Å². The van der Waals surface area contributed by atoms with Crippen molar-refractivity contribution in [3.63, 3.8) is 0 Å². The third kappa shape index (κ3) is 5.22. The van der Waals surface area contributed by atoms with Gasteiger partial charge in [-0.1, -0.05) is 50.6 Å². The van der Waals surface area contributed by atoms with Gasteiger partial charge in [-0.05, 0) is 43.6 Å². The molecular weight excluding hydrogens is 361 g/mol. The Morgan fingerprint density at radius 1 is 1.17 bits per heavy atom. The molecule has 0 aliphatic heterocycles. The van der Waals surface area contributed by atoms with E-state index in [1.807, 2.05) is 38.1 Å². The molecule has 1 aromatic carbocycles. The van der Waals surface area contributed by atoms with Crippen molar-refractivity contribution < 1.29 is 9.32 Å². The van der Waals surface area contributed by atoms with Gasteiger partial charge in [-0.15, -0.1) is 11.6 Å². The molecule has 0 N–H and O–H groups in total. The summed E-state index contributed by atoms with van der Waals surface area (Å²) in [5, 5.41) is 2.08. The van der Waals surface area contributed by atoms with Crippen molar-refractivity contribution in [2.75, 3.05) is 5.88 Å². The summed E-state index contributed by atoms with van der Waals surface area (Å²) in [6.07, 6.45) is 0. The van der Waals surface area contributed by atoms with Gasteiger partial charge in [-0.3, -0.25) is 4.79 Å². The van der Waals surface area contributed by atoms with Crippen LogP contribution in [-0.2, 0) is 15.9 Å². The summed E-state index contributed by atoms with van der Waals surface area (Å²) in [4.78, 5) is 13.0. The van der Waals surface area contributed by atoms with Crippen molar-refractivity contribution in [1.82, 2.24) is 5.06 Å². The van der Waals surface area contributed by atoms with Crippen LogP contribution in [-0.4, -0.2) is 25.2 Å². The van der Waals surface area contributed by atoms with Crippen LogP contribution in [0.4, 0.5) is 0 Å². The average molecular weight is 390 g/mol. The molecule has 0 unspecified atom stereocenters. The number of hydrogen-bond acceptors (Lipinski definition) is 2. The third-order valence-corrected chi connectivity index (χ3v) is 9.88. The van der Waals surface area contributed by atoms with Gasteiger partial charge in [0.1, 0.15) is 0 Å². The first-order valence-electron chi connectivity index (χ1n) is 8.12. The Morgan fingerprint density at radius 2 is 1.71 bits per heavy atom. The largest absolute Gasteiger partial charge is 0.317 e. The molecule has 0 spiro atoms. The number of hydrogen-bond donors (Lipinski definition) is 0. The van der Waals surface area contributed by atoms with Gasteiger partial charge in [-0.25, -0.2) is 5.06 Å². The molecule has 136 valence electrons. The Morgan fingerprint density at radius 3 is 2.17 bits per heavy atom. The lowest BCUT2D eigenvalue weighted by Crippen LogP contribution is -2.51. The third-order valence-electron chi connectivity index (χ3n) is 4.56. The van der Waals surface area contributed by atoms with Gasteiger partial charge in [0.05, 0.1) is 12.0 Å². The van der Waals surface area contributed by atoms with Crippen LogP contribution in [0.25, 0.3) is 0 Å². The first-order chi connectivity index (χ1) is 10.8. The average Bonchev–Trinajstić information content (AvgIpc) is 2.46. The summed E-state index contributed by atoms with van der Waals surface area (Å²) < 4.78 is 6.32. The second-order valence-corrected chi connectivity index (χ2v) is 13.7. The van der Waals surface area contributed by atoms with Crippen molar-refractivity contribution in [2.24, 2.45) is 5.41 Å². The standard InChI is InChI=1S/C18H29Cl2NO2Si/c1-17(2,3)24(6,7)23-21(16(22)18(4,5)13-19)12-14-10-8-9-11-15(14)20/h8-11H,12-13H2,1-7H3. The molecule has 24 heavy (non-hydrogen) atoms. The van der Waals surface area contributed by atoms with Gasteiger partial charge < -0.3 is 4.53 Å². The van der Waals surface area contributed by atoms with Gasteiger partial charge in [0.15, 0.2) is 0 Å². The molecule has 0 saturated heterocycles. The number of hydroxylamine groups is 2. The molecule has 0 aliphatic carbocycles. The highest BCUT2D eigenvalue weighted by Crippen LogP contribution is 2.38. The second kappa shape index (κ2) is 7.77.